The van der Waals surface area contributed by atoms with Crippen LogP contribution in [0.1, 0.15) is 11.5 Å². The third-order valence-corrected chi connectivity index (χ3v) is 4.10. The summed E-state index contributed by atoms with van der Waals surface area (Å²) in [6.07, 6.45) is 0. The van der Waals surface area contributed by atoms with Gasteiger partial charge in [-0.15, -0.1) is 0 Å². The van der Waals surface area contributed by atoms with Gasteiger partial charge in [0.1, 0.15) is 16.4 Å². The molecule has 0 fully saturated rings. The Balaban J connectivity index is 2.51. The van der Waals surface area contributed by atoms with E-state index in [1.165, 1.54) is 6.07 Å². The molecule has 1 heterocycles. The predicted molar refractivity (Wildman–Crippen MR) is 74.1 cm³/mol. The summed E-state index contributed by atoms with van der Waals surface area (Å²) in [4.78, 5) is 0.166. The molecule has 0 bridgehead atoms. The van der Waals surface area contributed by atoms with Crippen LogP contribution in [0.4, 0.5) is 0 Å². The number of furan rings is 1. The van der Waals surface area contributed by atoms with E-state index in [0.717, 1.165) is 0 Å². The van der Waals surface area contributed by atoms with Crippen molar-refractivity contribution in [2.45, 2.75) is 18.4 Å². The molecule has 116 valence electrons. The van der Waals surface area contributed by atoms with Crippen molar-refractivity contribution in [3.63, 3.8) is 0 Å². The lowest BCUT2D eigenvalue weighted by Crippen LogP contribution is -2.28. The molecule has 20 heavy (non-hydrogen) atoms. The van der Waals surface area contributed by atoms with Crippen molar-refractivity contribution in [2.24, 2.45) is 0 Å². The average Bonchev–Trinajstić information content (AvgIpc) is 2.76. The Morgan fingerprint density at radius 3 is 2.70 bits per heavy atom. The summed E-state index contributed by atoms with van der Waals surface area (Å²) in [7, 11) is -0.219. The van der Waals surface area contributed by atoms with Crippen molar-refractivity contribution in [1.29, 1.82) is 0 Å². The summed E-state index contributed by atoms with van der Waals surface area (Å²) in [6.45, 7) is 3.54. The van der Waals surface area contributed by atoms with Gasteiger partial charge in [0.25, 0.3) is 0 Å². The highest BCUT2D eigenvalue weighted by Crippen LogP contribution is 2.19. The maximum atomic E-state index is 12.1. The van der Waals surface area contributed by atoms with E-state index in [1.54, 1.807) is 21.1 Å². The van der Waals surface area contributed by atoms with Crippen molar-refractivity contribution in [3.05, 3.63) is 17.6 Å². The molecule has 0 saturated carbocycles. The van der Waals surface area contributed by atoms with E-state index < -0.39 is 10.0 Å². The van der Waals surface area contributed by atoms with Crippen LogP contribution in [0.2, 0.25) is 0 Å². The molecule has 0 aliphatic carbocycles. The van der Waals surface area contributed by atoms with Crippen molar-refractivity contribution < 1.29 is 22.3 Å². The topological polar surface area (TPSA) is 89.8 Å². The minimum atomic E-state index is -3.56. The normalized spacial score (nSPS) is 11.9. The number of nitrogens with one attached hydrogen (secondary N) is 2. The van der Waals surface area contributed by atoms with E-state index >= 15 is 0 Å². The molecule has 7 nitrogen and oxygen atoms in total. The van der Waals surface area contributed by atoms with Crippen molar-refractivity contribution in [1.82, 2.24) is 10.0 Å². The molecule has 0 unspecified atom stereocenters. The van der Waals surface area contributed by atoms with Gasteiger partial charge >= 0.3 is 0 Å². The van der Waals surface area contributed by atoms with Gasteiger partial charge in [-0.05, 0) is 14.0 Å². The molecule has 0 aromatic carbocycles. The second-order valence-corrected chi connectivity index (χ2v) is 5.90. The van der Waals surface area contributed by atoms with Crippen LogP contribution in [0, 0.1) is 6.92 Å². The Kier molecular flexibility index (Phi) is 7.17. The molecular formula is C12H22N2O5S. The Bertz CT molecular complexity index is 498. The van der Waals surface area contributed by atoms with Crippen LogP contribution < -0.4 is 10.0 Å². The second-order valence-electron chi connectivity index (χ2n) is 4.17. The molecule has 1 aromatic heterocycles. The SMILES string of the molecule is CNCc1cc(S(=O)(=O)NCCOCCOC)c(C)o1. The molecule has 0 spiro atoms. The number of sulfonamides is 1. The Morgan fingerprint density at radius 2 is 2.05 bits per heavy atom. The summed E-state index contributed by atoms with van der Waals surface area (Å²) in [6, 6.07) is 1.53. The summed E-state index contributed by atoms with van der Waals surface area (Å²) in [5.74, 6) is 0.963. The lowest BCUT2D eigenvalue weighted by Gasteiger charge is -2.06. The van der Waals surface area contributed by atoms with Crippen molar-refractivity contribution in [2.75, 3.05) is 40.5 Å². The zero-order valence-corrected chi connectivity index (χ0v) is 12.9. The molecule has 0 atom stereocenters. The highest BCUT2D eigenvalue weighted by atomic mass is 32.2. The molecule has 0 radical (unpaired) electrons. The van der Waals surface area contributed by atoms with Crippen LogP contribution in [0.5, 0.6) is 0 Å². The van der Waals surface area contributed by atoms with Gasteiger partial charge in [0.05, 0.1) is 26.4 Å². The molecular weight excluding hydrogens is 284 g/mol. The summed E-state index contributed by atoms with van der Waals surface area (Å²) < 4.78 is 42.0. The molecule has 1 rings (SSSR count). The highest BCUT2D eigenvalue weighted by molar-refractivity contribution is 7.89. The summed E-state index contributed by atoms with van der Waals surface area (Å²) in [5.41, 5.74) is 0. The van der Waals surface area contributed by atoms with Crippen LogP contribution in [-0.4, -0.2) is 48.9 Å². The number of hydrogen-bond acceptors (Lipinski definition) is 6. The first-order valence-corrected chi connectivity index (χ1v) is 7.80. The van der Waals surface area contributed by atoms with E-state index in [-0.39, 0.29) is 11.4 Å². The number of ether oxygens (including phenoxy) is 2. The van der Waals surface area contributed by atoms with Gasteiger partial charge in [0.15, 0.2) is 0 Å². The molecule has 0 aliphatic heterocycles. The van der Waals surface area contributed by atoms with E-state index in [0.29, 0.717) is 37.9 Å². The van der Waals surface area contributed by atoms with Gasteiger partial charge in [-0.1, -0.05) is 0 Å². The monoisotopic (exact) mass is 306 g/mol. The van der Waals surface area contributed by atoms with E-state index in [9.17, 15) is 8.42 Å². The number of aryl methyl sites for hydroxylation is 1. The van der Waals surface area contributed by atoms with E-state index in [2.05, 4.69) is 10.0 Å². The fourth-order valence-electron chi connectivity index (χ4n) is 1.62. The zero-order chi connectivity index (χ0) is 15.0. The molecule has 0 amide bonds. The lowest BCUT2D eigenvalue weighted by molar-refractivity contribution is 0.0736. The molecule has 8 heteroatoms. The first kappa shape index (κ1) is 17.1. The second kappa shape index (κ2) is 8.38. The van der Waals surface area contributed by atoms with Crippen molar-refractivity contribution >= 4 is 10.0 Å². The van der Waals surface area contributed by atoms with Gasteiger partial charge < -0.3 is 19.2 Å². The molecule has 1 aromatic rings. The summed E-state index contributed by atoms with van der Waals surface area (Å²) >= 11 is 0. The fourth-order valence-corrected chi connectivity index (χ4v) is 2.84. The first-order valence-electron chi connectivity index (χ1n) is 6.31. The largest absolute Gasteiger partial charge is 0.464 e. The van der Waals surface area contributed by atoms with E-state index in [1.807, 2.05) is 0 Å². The Hall–Kier alpha value is -0.930. The van der Waals surface area contributed by atoms with Gasteiger partial charge in [-0.25, -0.2) is 13.1 Å². The summed E-state index contributed by atoms with van der Waals surface area (Å²) in [5, 5.41) is 2.91. The lowest BCUT2D eigenvalue weighted by atomic mass is 10.4. The third-order valence-electron chi connectivity index (χ3n) is 2.53. The standard InChI is InChI=1S/C12H22N2O5S/c1-10-12(8-11(19-10)9-13-2)20(15,16)14-4-5-18-7-6-17-3/h8,13-14H,4-7,9H2,1-3H3. The van der Waals surface area contributed by atoms with Gasteiger partial charge in [0.2, 0.25) is 10.0 Å². The quantitative estimate of drug-likeness (QED) is 0.602. The minimum absolute atomic E-state index is 0.166. The number of hydrogen-bond donors (Lipinski definition) is 2. The molecule has 0 saturated heterocycles. The Labute approximate surface area is 119 Å². The number of methoxy groups -OCH3 is 1. The Morgan fingerprint density at radius 1 is 1.30 bits per heavy atom. The minimum Gasteiger partial charge on any atom is -0.464 e. The first-order chi connectivity index (χ1) is 9.51. The average molecular weight is 306 g/mol. The van der Waals surface area contributed by atoms with Crippen LogP contribution in [0.25, 0.3) is 0 Å². The van der Waals surface area contributed by atoms with Crippen LogP contribution in [0.15, 0.2) is 15.4 Å². The maximum Gasteiger partial charge on any atom is 0.244 e. The highest BCUT2D eigenvalue weighted by Gasteiger charge is 2.20. The van der Waals surface area contributed by atoms with Gasteiger partial charge in [0, 0.05) is 19.7 Å². The zero-order valence-electron chi connectivity index (χ0n) is 12.1. The van der Waals surface area contributed by atoms with Crippen LogP contribution in [-0.2, 0) is 26.0 Å². The van der Waals surface area contributed by atoms with Crippen molar-refractivity contribution in [3.8, 4) is 0 Å². The predicted octanol–water partition coefficient (Wildman–Crippen LogP) is 0.249. The third kappa shape index (κ3) is 5.22. The van der Waals surface area contributed by atoms with Gasteiger partial charge in [-0.3, -0.25) is 0 Å². The van der Waals surface area contributed by atoms with Gasteiger partial charge in [-0.2, -0.15) is 0 Å². The number of rotatable bonds is 10. The molecule has 2 N–H and O–H groups in total. The van der Waals surface area contributed by atoms with Crippen LogP contribution >= 0.6 is 0 Å². The fraction of sp³-hybridized carbons (Fsp3) is 0.667. The van der Waals surface area contributed by atoms with E-state index in [4.69, 9.17) is 13.9 Å². The molecule has 0 aliphatic rings. The smallest absolute Gasteiger partial charge is 0.244 e. The maximum absolute atomic E-state index is 12.1. The van der Waals surface area contributed by atoms with Crippen LogP contribution in [0.3, 0.4) is 0 Å².